The highest BCUT2D eigenvalue weighted by Crippen LogP contribution is 2.31. The van der Waals surface area contributed by atoms with Gasteiger partial charge in [-0.1, -0.05) is 19.4 Å². The van der Waals surface area contributed by atoms with Gasteiger partial charge in [-0.2, -0.15) is 0 Å². The van der Waals surface area contributed by atoms with Gasteiger partial charge < -0.3 is 14.8 Å². The van der Waals surface area contributed by atoms with Crippen LogP contribution in [0.5, 0.6) is 11.5 Å². The molecule has 3 nitrogen and oxygen atoms in total. The molecule has 1 N–H and O–H groups in total. The number of hydrogen-bond donors (Lipinski definition) is 1. The van der Waals surface area contributed by atoms with Crippen molar-refractivity contribution in [1.82, 2.24) is 5.32 Å². The third kappa shape index (κ3) is 3.66. The van der Waals surface area contributed by atoms with E-state index in [9.17, 15) is 0 Å². The Hall–Kier alpha value is -1.22. The average Bonchev–Trinajstić information content (AvgIpc) is 2.95. The molecule has 1 aliphatic rings. The van der Waals surface area contributed by atoms with E-state index >= 15 is 0 Å². The van der Waals surface area contributed by atoms with Crippen molar-refractivity contribution in [3.05, 3.63) is 23.8 Å². The Bertz CT molecular complexity index is 419. The van der Waals surface area contributed by atoms with E-state index in [0.717, 1.165) is 36.9 Å². The molecule has 0 radical (unpaired) electrons. The zero-order chi connectivity index (χ0) is 14.4. The molecule has 1 aliphatic carbocycles. The van der Waals surface area contributed by atoms with Crippen LogP contribution >= 0.6 is 0 Å². The highest BCUT2D eigenvalue weighted by molar-refractivity contribution is 5.42. The van der Waals surface area contributed by atoms with Crippen LogP contribution in [0, 0.1) is 5.92 Å². The second kappa shape index (κ2) is 7.53. The molecule has 2 rings (SSSR count). The molecule has 1 saturated carbocycles. The quantitative estimate of drug-likeness (QED) is 0.828. The summed E-state index contributed by atoms with van der Waals surface area (Å²) in [5.74, 6) is 2.46. The van der Waals surface area contributed by atoms with Gasteiger partial charge in [-0.15, -0.1) is 0 Å². The first-order chi connectivity index (χ1) is 9.78. The molecule has 3 heteroatoms. The number of rotatable bonds is 7. The van der Waals surface area contributed by atoms with Crippen molar-refractivity contribution >= 4 is 0 Å². The fourth-order valence-corrected chi connectivity index (χ4v) is 3.13. The van der Waals surface area contributed by atoms with E-state index in [0.29, 0.717) is 6.04 Å². The molecule has 0 amide bonds. The SMILES string of the molecule is CCc1ccc(OCCC2CCCC2NC)c(OC)c1. The van der Waals surface area contributed by atoms with Crippen LogP contribution in [0.2, 0.25) is 0 Å². The Morgan fingerprint density at radius 3 is 2.80 bits per heavy atom. The minimum absolute atomic E-state index is 0.669. The molecule has 0 spiro atoms. The van der Waals surface area contributed by atoms with Crippen molar-refractivity contribution in [1.29, 1.82) is 0 Å². The smallest absolute Gasteiger partial charge is 0.161 e. The second-order valence-electron chi connectivity index (χ2n) is 5.56. The lowest BCUT2D eigenvalue weighted by molar-refractivity contribution is 0.252. The van der Waals surface area contributed by atoms with Crippen molar-refractivity contribution in [3.8, 4) is 11.5 Å². The minimum Gasteiger partial charge on any atom is -0.493 e. The summed E-state index contributed by atoms with van der Waals surface area (Å²) in [7, 11) is 3.77. The Morgan fingerprint density at radius 1 is 1.25 bits per heavy atom. The van der Waals surface area contributed by atoms with Gasteiger partial charge in [-0.25, -0.2) is 0 Å². The highest BCUT2D eigenvalue weighted by atomic mass is 16.5. The van der Waals surface area contributed by atoms with Crippen LogP contribution in [0.25, 0.3) is 0 Å². The first-order valence-corrected chi connectivity index (χ1v) is 7.75. The van der Waals surface area contributed by atoms with Gasteiger partial charge in [0, 0.05) is 6.04 Å². The molecule has 1 aromatic rings. The first-order valence-electron chi connectivity index (χ1n) is 7.75. The summed E-state index contributed by atoms with van der Waals surface area (Å²) in [6, 6.07) is 6.88. The lowest BCUT2D eigenvalue weighted by atomic mass is 10.0. The molecule has 0 bridgehead atoms. The Kier molecular flexibility index (Phi) is 5.72. The second-order valence-corrected chi connectivity index (χ2v) is 5.56. The molecule has 0 saturated heterocycles. The van der Waals surface area contributed by atoms with Crippen LogP contribution in [0.4, 0.5) is 0 Å². The topological polar surface area (TPSA) is 30.5 Å². The van der Waals surface area contributed by atoms with Crippen LogP contribution in [-0.2, 0) is 6.42 Å². The van der Waals surface area contributed by atoms with Crippen LogP contribution < -0.4 is 14.8 Å². The minimum atomic E-state index is 0.669. The molecule has 0 aromatic heterocycles. The normalized spacial score (nSPS) is 21.9. The Labute approximate surface area is 122 Å². The lowest BCUT2D eigenvalue weighted by Crippen LogP contribution is -2.29. The monoisotopic (exact) mass is 277 g/mol. The summed E-state index contributed by atoms with van der Waals surface area (Å²) in [4.78, 5) is 0. The van der Waals surface area contributed by atoms with Crippen molar-refractivity contribution in [2.45, 2.75) is 45.1 Å². The fourth-order valence-electron chi connectivity index (χ4n) is 3.13. The van der Waals surface area contributed by atoms with Crippen molar-refractivity contribution in [2.75, 3.05) is 20.8 Å². The molecule has 0 heterocycles. The summed E-state index contributed by atoms with van der Waals surface area (Å²) in [6.45, 7) is 2.91. The summed E-state index contributed by atoms with van der Waals surface area (Å²) < 4.78 is 11.3. The molecule has 0 aliphatic heterocycles. The maximum atomic E-state index is 5.93. The number of benzene rings is 1. The molecular formula is C17H27NO2. The van der Waals surface area contributed by atoms with Crippen LogP contribution in [0.3, 0.4) is 0 Å². The van der Waals surface area contributed by atoms with Gasteiger partial charge in [0.2, 0.25) is 0 Å². The molecule has 2 atom stereocenters. The van der Waals surface area contributed by atoms with Crippen LogP contribution in [-0.4, -0.2) is 26.8 Å². The standard InChI is InChI=1S/C17H27NO2/c1-4-13-8-9-16(17(12-13)19-3)20-11-10-14-6-5-7-15(14)18-2/h8-9,12,14-15,18H,4-7,10-11H2,1-3H3. The summed E-state index contributed by atoms with van der Waals surface area (Å²) in [6.07, 6.45) is 6.09. The number of methoxy groups -OCH3 is 1. The predicted octanol–water partition coefficient (Wildman–Crippen LogP) is 3.41. The highest BCUT2D eigenvalue weighted by Gasteiger charge is 2.25. The predicted molar refractivity (Wildman–Crippen MR) is 82.7 cm³/mol. The fraction of sp³-hybridized carbons (Fsp3) is 0.647. The van der Waals surface area contributed by atoms with Crippen molar-refractivity contribution in [2.24, 2.45) is 5.92 Å². The van der Waals surface area contributed by atoms with Gasteiger partial charge in [-0.3, -0.25) is 0 Å². The maximum absolute atomic E-state index is 5.93. The van der Waals surface area contributed by atoms with Gasteiger partial charge in [0.1, 0.15) is 0 Å². The molecule has 1 fully saturated rings. The van der Waals surface area contributed by atoms with Crippen LogP contribution in [0.15, 0.2) is 18.2 Å². The summed E-state index contributed by atoms with van der Waals surface area (Å²) in [5, 5.41) is 3.42. The van der Waals surface area contributed by atoms with E-state index in [1.165, 1.54) is 24.8 Å². The summed E-state index contributed by atoms with van der Waals surface area (Å²) >= 11 is 0. The van der Waals surface area contributed by atoms with Gasteiger partial charge in [0.25, 0.3) is 0 Å². The van der Waals surface area contributed by atoms with E-state index in [1.807, 2.05) is 6.07 Å². The van der Waals surface area contributed by atoms with Crippen molar-refractivity contribution in [3.63, 3.8) is 0 Å². The Morgan fingerprint density at radius 2 is 2.10 bits per heavy atom. The number of aryl methyl sites for hydroxylation is 1. The number of ether oxygens (including phenoxy) is 2. The third-order valence-corrected chi connectivity index (χ3v) is 4.41. The van der Waals surface area contributed by atoms with Gasteiger partial charge >= 0.3 is 0 Å². The average molecular weight is 277 g/mol. The van der Waals surface area contributed by atoms with E-state index in [-0.39, 0.29) is 0 Å². The Balaban J connectivity index is 1.87. The lowest BCUT2D eigenvalue weighted by Gasteiger charge is -2.19. The van der Waals surface area contributed by atoms with Gasteiger partial charge in [0.15, 0.2) is 11.5 Å². The van der Waals surface area contributed by atoms with Crippen LogP contribution in [0.1, 0.15) is 38.2 Å². The maximum Gasteiger partial charge on any atom is 0.161 e. The zero-order valence-electron chi connectivity index (χ0n) is 12.9. The molecule has 1 aromatic carbocycles. The van der Waals surface area contributed by atoms with Crippen molar-refractivity contribution < 1.29 is 9.47 Å². The first kappa shape index (κ1) is 15.2. The van der Waals surface area contributed by atoms with E-state index in [1.54, 1.807) is 7.11 Å². The molecule has 2 unspecified atom stereocenters. The van der Waals surface area contributed by atoms with E-state index in [4.69, 9.17) is 9.47 Å². The largest absolute Gasteiger partial charge is 0.493 e. The third-order valence-electron chi connectivity index (χ3n) is 4.41. The van der Waals surface area contributed by atoms with E-state index in [2.05, 4.69) is 31.4 Å². The number of nitrogens with one attached hydrogen (secondary N) is 1. The van der Waals surface area contributed by atoms with E-state index < -0.39 is 0 Å². The number of hydrogen-bond acceptors (Lipinski definition) is 3. The zero-order valence-corrected chi connectivity index (χ0v) is 12.9. The molecule has 112 valence electrons. The van der Waals surface area contributed by atoms with Gasteiger partial charge in [0.05, 0.1) is 13.7 Å². The molecular weight excluding hydrogens is 250 g/mol. The summed E-state index contributed by atoms with van der Waals surface area (Å²) in [5.41, 5.74) is 1.28. The van der Waals surface area contributed by atoms with Gasteiger partial charge in [-0.05, 0) is 56.3 Å². The molecule has 20 heavy (non-hydrogen) atoms.